The molecule has 106 valence electrons. The summed E-state index contributed by atoms with van der Waals surface area (Å²) >= 11 is 0. The van der Waals surface area contributed by atoms with Crippen molar-refractivity contribution < 1.29 is 4.74 Å². The van der Waals surface area contributed by atoms with Crippen LogP contribution in [-0.2, 0) is 13.6 Å². The minimum atomic E-state index is 0.452. The van der Waals surface area contributed by atoms with Gasteiger partial charge < -0.3 is 4.74 Å². The first-order valence-corrected chi connectivity index (χ1v) is 6.98. The number of nitrogens with zero attached hydrogens (tertiary/aromatic N) is 4. The van der Waals surface area contributed by atoms with Gasteiger partial charge in [-0.05, 0) is 25.5 Å². The van der Waals surface area contributed by atoms with E-state index in [1.165, 1.54) is 18.4 Å². The Labute approximate surface area is 119 Å². The first-order valence-electron chi connectivity index (χ1n) is 6.98. The second kappa shape index (κ2) is 5.63. The molecule has 0 aliphatic carbocycles. The predicted octanol–water partition coefficient (Wildman–Crippen LogP) is 2.16. The molecule has 3 rings (SSSR count). The van der Waals surface area contributed by atoms with Gasteiger partial charge in [0.15, 0.2) is 0 Å². The Morgan fingerprint density at radius 1 is 1.45 bits per heavy atom. The molecule has 0 radical (unpaired) electrons. The highest BCUT2D eigenvalue weighted by Gasteiger charge is 2.27. The number of hydrogen-bond acceptors (Lipinski definition) is 4. The quantitative estimate of drug-likeness (QED) is 0.855. The largest absolute Gasteiger partial charge is 0.481 e. The van der Waals surface area contributed by atoms with Crippen molar-refractivity contribution in [2.24, 2.45) is 7.05 Å². The maximum absolute atomic E-state index is 5.35. The zero-order valence-corrected chi connectivity index (χ0v) is 12.0. The third-order valence-electron chi connectivity index (χ3n) is 3.89. The molecule has 0 amide bonds. The van der Waals surface area contributed by atoms with Crippen LogP contribution >= 0.6 is 0 Å². The molecule has 1 atom stereocenters. The summed E-state index contributed by atoms with van der Waals surface area (Å²) in [6.45, 7) is 1.98. The summed E-state index contributed by atoms with van der Waals surface area (Å²) in [6.07, 6.45) is 8.27. The van der Waals surface area contributed by atoms with Gasteiger partial charge in [-0.15, -0.1) is 0 Å². The molecule has 2 aromatic rings. The normalized spacial score (nSPS) is 19.4. The van der Waals surface area contributed by atoms with Crippen LogP contribution in [0.3, 0.4) is 0 Å². The fourth-order valence-corrected chi connectivity index (χ4v) is 2.95. The first kappa shape index (κ1) is 13.1. The Kier molecular flexibility index (Phi) is 3.69. The molecule has 0 N–H and O–H groups in total. The predicted molar refractivity (Wildman–Crippen MR) is 76.4 cm³/mol. The third kappa shape index (κ3) is 2.54. The van der Waals surface area contributed by atoms with Crippen LogP contribution in [0.15, 0.2) is 30.7 Å². The Hall–Kier alpha value is -1.88. The Morgan fingerprint density at radius 3 is 3.10 bits per heavy atom. The molecule has 0 spiro atoms. The van der Waals surface area contributed by atoms with Crippen molar-refractivity contribution in [3.63, 3.8) is 0 Å². The van der Waals surface area contributed by atoms with E-state index >= 15 is 0 Å². The van der Waals surface area contributed by atoms with Gasteiger partial charge in [0.05, 0.1) is 13.3 Å². The monoisotopic (exact) mass is 272 g/mol. The molecule has 3 heterocycles. The van der Waals surface area contributed by atoms with E-state index < -0.39 is 0 Å². The van der Waals surface area contributed by atoms with Gasteiger partial charge in [-0.2, -0.15) is 5.10 Å². The second-order valence-corrected chi connectivity index (χ2v) is 5.25. The number of likely N-dealkylation sites (tertiary alicyclic amines) is 1. The fourth-order valence-electron chi connectivity index (χ4n) is 2.95. The number of ether oxygens (including phenoxy) is 1. The molecule has 20 heavy (non-hydrogen) atoms. The number of aryl methyl sites for hydroxylation is 1. The van der Waals surface area contributed by atoms with Gasteiger partial charge in [0.1, 0.15) is 0 Å². The lowest BCUT2D eigenvalue weighted by atomic mass is 10.1. The van der Waals surface area contributed by atoms with Crippen LogP contribution in [0.1, 0.15) is 30.0 Å². The van der Waals surface area contributed by atoms with Crippen molar-refractivity contribution in [2.75, 3.05) is 13.7 Å². The minimum absolute atomic E-state index is 0.452. The van der Waals surface area contributed by atoms with E-state index in [1.807, 2.05) is 24.0 Å². The molecule has 0 aromatic carbocycles. The van der Waals surface area contributed by atoms with Crippen molar-refractivity contribution in [2.45, 2.75) is 25.4 Å². The van der Waals surface area contributed by atoms with Gasteiger partial charge in [0.2, 0.25) is 5.88 Å². The topological polar surface area (TPSA) is 43.2 Å². The third-order valence-corrected chi connectivity index (χ3v) is 3.89. The summed E-state index contributed by atoms with van der Waals surface area (Å²) in [5, 5.41) is 4.29. The summed E-state index contributed by atoms with van der Waals surface area (Å²) in [4.78, 5) is 6.76. The highest BCUT2D eigenvalue weighted by molar-refractivity contribution is 5.26. The van der Waals surface area contributed by atoms with Gasteiger partial charge in [0.25, 0.3) is 0 Å². The van der Waals surface area contributed by atoms with E-state index in [-0.39, 0.29) is 0 Å². The molecule has 0 saturated carbocycles. The SMILES string of the molecule is COc1ncccc1CN1CCCC1c1cnn(C)c1. The molecule has 2 aromatic heterocycles. The van der Waals surface area contributed by atoms with Crippen molar-refractivity contribution in [1.29, 1.82) is 0 Å². The number of rotatable bonds is 4. The van der Waals surface area contributed by atoms with E-state index in [1.54, 1.807) is 13.3 Å². The lowest BCUT2D eigenvalue weighted by Gasteiger charge is -2.24. The lowest BCUT2D eigenvalue weighted by Crippen LogP contribution is -2.23. The minimum Gasteiger partial charge on any atom is -0.481 e. The Morgan fingerprint density at radius 2 is 2.35 bits per heavy atom. The van der Waals surface area contributed by atoms with Crippen LogP contribution in [0, 0.1) is 0 Å². The van der Waals surface area contributed by atoms with Crippen LogP contribution < -0.4 is 4.74 Å². The molecular weight excluding hydrogens is 252 g/mol. The van der Waals surface area contributed by atoms with Crippen LogP contribution in [-0.4, -0.2) is 33.3 Å². The molecule has 1 saturated heterocycles. The maximum Gasteiger partial charge on any atom is 0.217 e. The van der Waals surface area contributed by atoms with Crippen molar-refractivity contribution in [1.82, 2.24) is 19.7 Å². The van der Waals surface area contributed by atoms with Crippen LogP contribution in [0.2, 0.25) is 0 Å². The summed E-state index contributed by atoms with van der Waals surface area (Å²) in [5.41, 5.74) is 2.44. The Balaban J connectivity index is 1.79. The van der Waals surface area contributed by atoms with Gasteiger partial charge in [-0.1, -0.05) is 6.07 Å². The van der Waals surface area contributed by atoms with Crippen molar-refractivity contribution in [3.8, 4) is 5.88 Å². The van der Waals surface area contributed by atoms with Gasteiger partial charge in [-0.3, -0.25) is 9.58 Å². The number of aromatic nitrogens is 3. The van der Waals surface area contributed by atoms with Crippen molar-refractivity contribution in [3.05, 3.63) is 41.9 Å². The van der Waals surface area contributed by atoms with Gasteiger partial charge in [0, 0.05) is 43.2 Å². The smallest absolute Gasteiger partial charge is 0.217 e. The molecular formula is C15H20N4O. The fraction of sp³-hybridized carbons (Fsp3) is 0.467. The maximum atomic E-state index is 5.35. The van der Waals surface area contributed by atoms with E-state index in [2.05, 4.69) is 27.2 Å². The zero-order valence-electron chi connectivity index (χ0n) is 12.0. The molecule has 1 unspecified atom stereocenters. The molecule has 1 aliphatic heterocycles. The van der Waals surface area contributed by atoms with E-state index in [0.29, 0.717) is 6.04 Å². The van der Waals surface area contributed by atoms with E-state index in [0.717, 1.165) is 24.5 Å². The highest BCUT2D eigenvalue weighted by Crippen LogP contribution is 2.33. The highest BCUT2D eigenvalue weighted by atomic mass is 16.5. The second-order valence-electron chi connectivity index (χ2n) is 5.25. The summed E-state index contributed by atoms with van der Waals surface area (Å²) in [7, 11) is 3.64. The van der Waals surface area contributed by atoms with Crippen LogP contribution in [0.25, 0.3) is 0 Å². The summed E-state index contributed by atoms with van der Waals surface area (Å²) in [6, 6.07) is 4.51. The molecule has 5 heteroatoms. The lowest BCUT2D eigenvalue weighted by molar-refractivity contribution is 0.243. The Bertz CT molecular complexity index is 581. The average molecular weight is 272 g/mol. The number of hydrogen-bond donors (Lipinski definition) is 0. The van der Waals surface area contributed by atoms with Gasteiger partial charge in [-0.25, -0.2) is 4.98 Å². The van der Waals surface area contributed by atoms with Gasteiger partial charge >= 0.3 is 0 Å². The molecule has 5 nitrogen and oxygen atoms in total. The van der Waals surface area contributed by atoms with Crippen LogP contribution in [0.5, 0.6) is 5.88 Å². The summed E-state index contributed by atoms with van der Waals surface area (Å²) in [5.74, 6) is 0.726. The van der Waals surface area contributed by atoms with E-state index in [4.69, 9.17) is 4.74 Å². The van der Waals surface area contributed by atoms with Crippen molar-refractivity contribution >= 4 is 0 Å². The standard InChI is InChI=1S/C15H20N4O/c1-18-10-13(9-17-18)14-6-4-8-19(14)11-12-5-3-7-16-15(12)20-2/h3,5,7,9-10,14H,4,6,8,11H2,1-2H3. The summed E-state index contributed by atoms with van der Waals surface area (Å²) < 4.78 is 7.22. The molecule has 1 fully saturated rings. The average Bonchev–Trinajstić information content (AvgIpc) is 3.08. The molecule has 1 aliphatic rings. The molecule has 0 bridgehead atoms. The zero-order chi connectivity index (χ0) is 13.9. The van der Waals surface area contributed by atoms with Crippen LogP contribution in [0.4, 0.5) is 0 Å². The number of pyridine rings is 1. The van der Waals surface area contributed by atoms with E-state index in [9.17, 15) is 0 Å². The number of methoxy groups -OCH3 is 1. The first-order chi connectivity index (χ1) is 9.78.